The SMILES string of the molecule is CCCCCCCCCCCNC(=O)OCC(CO[C@@H]1O[C@H](CO)[C@H](O)[C@H](O)[C@H]1O)(CO[C@@H]1O[C@H](CO)[C@H](O)[C@H](O)[C@H]1O)NC(=O)NCCCCCCCCCCNC(=O)NC(COC(=O)NCCCCCCCCCCC)(CO[C@@H]1O[C@H](CO)[C@H](O)[C@H](O)[C@H]1O)CO[C@@H]1O[C@H](CO)[C@H](O)[C@H](O)[C@H]1O. The summed E-state index contributed by atoms with van der Waals surface area (Å²) in [7, 11) is 0. The predicted octanol–water partition coefficient (Wildman–Crippen LogP) is -2.04. The summed E-state index contributed by atoms with van der Waals surface area (Å²) >= 11 is 0. The van der Waals surface area contributed by atoms with E-state index in [-0.39, 0.29) is 26.2 Å². The molecule has 4 saturated heterocycles. The van der Waals surface area contributed by atoms with Crippen molar-refractivity contribution in [3.05, 3.63) is 0 Å². The predicted molar refractivity (Wildman–Crippen MR) is 367 cm³/mol. The third kappa shape index (κ3) is 32.4. The highest BCUT2D eigenvalue weighted by Crippen LogP contribution is 2.29. The number of ether oxygens (including phenoxy) is 10. The van der Waals surface area contributed by atoms with Crippen LogP contribution in [0.3, 0.4) is 0 Å². The molecule has 0 unspecified atom stereocenters. The van der Waals surface area contributed by atoms with Crippen molar-refractivity contribution >= 4 is 24.2 Å². The molecule has 104 heavy (non-hydrogen) atoms. The van der Waals surface area contributed by atoms with Gasteiger partial charge >= 0.3 is 24.2 Å². The van der Waals surface area contributed by atoms with E-state index in [2.05, 4.69) is 45.7 Å². The molecule has 4 fully saturated rings. The van der Waals surface area contributed by atoms with Crippen LogP contribution in [0.5, 0.6) is 0 Å². The van der Waals surface area contributed by atoms with Gasteiger partial charge in [-0.15, -0.1) is 0 Å². The zero-order valence-corrected chi connectivity index (χ0v) is 60.7. The normalized spacial score (nSPS) is 29.6. The molecular weight excluding hydrogens is 1380 g/mol. The molecule has 0 aliphatic carbocycles. The van der Waals surface area contributed by atoms with E-state index in [0.717, 1.165) is 103 Å². The van der Waals surface area contributed by atoms with E-state index in [1.807, 2.05) is 0 Å². The number of hydrogen-bond acceptors (Lipinski definition) is 30. The molecule has 0 aromatic rings. The fourth-order valence-electron chi connectivity index (χ4n) is 12.3. The number of urea groups is 2. The monoisotopic (exact) mass is 1510 g/mol. The van der Waals surface area contributed by atoms with Crippen molar-refractivity contribution < 1.29 is 148 Å². The zero-order valence-electron chi connectivity index (χ0n) is 60.7. The van der Waals surface area contributed by atoms with Crippen LogP contribution in [-0.4, -0.2) is 332 Å². The lowest BCUT2D eigenvalue weighted by Gasteiger charge is -2.43. The van der Waals surface area contributed by atoms with E-state index in [0.29, 0.717) is 38.5 Å². The van der Waals surface area contributed by atoms with Crippen LogP contribution in [-0.2, 0) is 47.4 Å². The van der Waals surface area contributed by atoms with Gasteiger partial charge in [0.2, 0.25) is 0 Å². The Kier molecular flexibility index (Phi) is 45.8. The van der Waals surface area contributed by atoms with Gasteiger partial charge in [-0.1, -0.05) is 155 Å². The van der Waals surface area contributed by atoms with Gasteiger partial charge in [0.25, 0.3) is 0 Å². The van der Waals surface area contributed by atoms with Gasteiger partial charge in [0.1, 0.15) is 122 Å². The summed E-state index contributed by atoms with van der Waals surface area (Å²) < 4.78 is 57.0. The van der Waals surface area contributed by atoms with Crippen molar-refractivity contribution in [2.75, 3.05) is 92.2 Å². The first-order valence-corrected chi connectivity index (χ1v) is 37.6. The highest BCUT2D eigenvalue weighted by atomic mass is 16.7. The number of amides is 6. The highest BCUT2D eigenvalue weighted by molar-refractivity contribution is 5.75. The standard InChI is InChI=1S/C68H128N6O30/c1-3-5-7-9-11-13-19-23-27-31-71-65(93)99-41-67(37-95-59-55(87)51(83)47(79)43(33-75)101-59,38-96-60-56(88)52(84)48(80)44(34-76)102-60)73-63(91)69-29-25-21-17-15-16-18-22-26-30-70-64(92)74-68(39-97-61-57(89)53(85)49(81)45(35-77)103-61,40-98-62-58(90)54(86)50(82)46(36-78)104-62)42-100-66(94)72-32-28-24-20-14-12-10-8-6-4-2/h43-62,75-90H,3-42H2,1-2H3,(H,71,93)(H,72,94)(H2,69,73,91)(H2,70,74,92)/t43-,44-,45-,46-,47+,48+,49+,50+,51+,52+,53+,54+,55-,56-,57-,58-,59-,60-,61-,62-/m1/s1. The lowest BCUT2D eigenvalue weighted by atomic mass is 9.98. The average Bonchev–Trinajstić information content (AvgIpc) is 0.780. The van der Waals surface area contributed by atoms with E-state index < -0.39 is 224 Å². The Labute approximate surface area is 609 Å². The maximum absolute atomic E-state index is 13.9. The van der Waals surface area contributed by atoms with E-state index in [1.54, 1.807) is 0 Å². The Balaban J connectivity index is 1.36. The Bertz CT molecular complexity index is 2060. The number of carbonyl (C=O) groups excluding carboxylic acids is 4. The molecule has 36 nitrogen and oxygen atoms in total. The summed E-state index contributed by atoms with van der Waals surface area (Å²) in [6.45, 7) is -2.56. The number of aliphatic hydroxyl groups excluding tert-OH is 16. The van der Waals surface area contributed by atoms with E-state index in [4.69, 9.17) is 47.4 Å². The van der Waals surface area contributed by atoms with Gasteiger partial charge in [-0.2, -0.15) is 0 Å². The van der Waals surface area contributed by atoms with Gasteiger partial charge in [-0.3, -0.25) is 0 Å². The van der Waals surface area contributed by atoms with Gasteiger partial charge in [0.15, 0.2) is 25.2 Å². The Morgan fingerprint density at radius 1 is 0.288 bits per heavy atom. The van der Waals surface area contributed by atoms with Crippen molar-refractivity contribution in [1.82, 2.24) is 31.9 Å². The lowest BCUT2D eigenvalue weighted by Crippen LogP contribution is -2.65. The van der Waals surface area contributed by atoms with Crippen LogP contribution in [0, 0.1) is 0 Å². The maximum atomic E-state index is 13.9. The average molecular weight is 1510 g/mol. The van der Waals surface area contributed by atoms with Crippen molar-refractivity contribution in [3.63, 3.8) is 0 Å². The Morgan fingerprint density at radius 3 is 0.721 bits per heavy atom. The van der Waals surface area contributed by atoms with E-state index in [9.17, 15) is 101 Å². The van der Waals surface area contributed by atoms with Crippen molar-refractivity contribution in [3.8, 4) is 0 Å². The number of aliphatic hydroxyl groups is 16. The summed E-state index contributed by atoms with van der Waals surface area (Å²) in [5.74, 6) is 0. The topological polar surface area (TPSA) is 556 Å². The number of alkyl carbamates (subject to hydrolysis) is 2. The minimum Gasteiger partial charge on any atom is -0.447 e. The quantitative estimate of drug-likeness (QED) is 0.0292. The van der Waals surface area contributed by atoms with Crippen LogP contribution in [0.2, 0.25) is 0 Å². The minimum absolute atomic E-state index is 0.122. The molecule has 0 aromatic carbocycles. The first-order chi connectivity index (χ1) is 49.9. The van der Waals surface area contributed by atoms with Crippen LogP contribution in [0.15, 0.2) is 0 Å². The molecule has 6 amide bonds. The summed E-state index contributed by atoms with van der Waals surface area (Å²) in [5.41, 5.74) is -3.96. The van der Waals surface area contributed by atoms with Crippen molar-refractivity contribution in [1.29, 1.82) is 0 Å². The molecular formula is C68H128N6O30. The number of hydrogen-bond donors (Lipinski definition) is 22. The second-order valence-electron chi connectivity index (χ2n) is 27.8. The molecule has 20 atom stereocenters. The third-order valence-corrected chi connectivity index (χ3v) is 19.0. The molecule has 0 radical (unpaired) electrons. The molecule has 0 saturated carbocycles. The largest absolute Gasteiger partial charge is 0.447 e. The number of nitrogens with one attached hydrogen (secondary N) is 6. The number of carbonyl (C=O) groups is 4. The van der Waals surface area contributed by atoms with Crippen LogP contribution in [0.1, 0.15) is 181 Å². The van der Waals surface area contributed by atoms with Crippen LogP contribution in [0.4, 0.5) is 19.2 Å². The van der Waals surface area contributed by atoms with Crippen LogP contribution < -0.4 is 31.9 Å². The molecule has 0 aromatic heterocycles. The molecule has 36 heteroatoms. The highest BCUT2D eigenvalue weighted by Gasteiger charge is 2.51. The molecule has 4 heterocycles. The Hall–Kier alpha value is -3.88. The smallest absolute Gasteiger partial charge is 0.407 e. The van der Waals surface area contributed by atoms with Gasteiger partial charge in [-0.05, 0) is 25.7 Å². The first-order valence-electron chi connectivity index (χ1n) is 37.6. The van der Waals surface area contributed by atoms with Gasteiger partial charge in [0, 0.05) is 26.2 Å². The molecule has 0 spiro atoms. The molecule has 4 rings (SSSR count). The fourth-order valence-corrected chi connectivity index (χ4v) is 12.3. The van der Waals surface area contributed by atoms with Crippen molar-refractivity contribution in [2.45, 2.75) is 315 Å². The molecule has 4 aliphatic rings. The van der Waals surface area contributed by atoms with Crippen molar-refractivity contribution in [2.24, 2.45) is 0 Å². The second kappa shape index (κ2) is 51.5. The number of unbranched alkanes of at least 4 members (excludes halogenated alkanes) is 23. The van der Waals surface area contributed by atoms with Gasteiger partial charge in [0.05, 0.1) is 52.9 Å². The number of rotatable bonds is 53. The zero-order chi connectivity index (χ0) is 76.5. The molecule has 0 bridgehead atoms. The van der Waals surface area contributed by atoms with Gasteiger partial charge < -0.3 is 161 Å². The first kappa shape index (κ1) is 92.5. The van der Waals surface area contributed by atoms with Gasteiger partial charge in [-0.25, -0.2) is 19.2 Å². The summed E-state index contributed by atoms with van der Waals surface area (Å²) in [6, 6.07) is -1.69. The summed E-state index contributed by atoms with van der Waals surface area (Å²) in [6.07, 6.45) is -12.4. The fraction of sp³-hybridized carbons (Fsp3) is 0.941. The van der Waals surface area contributed by atoms with E-state index in [1.165, 1.54) is 25.7 Å². The van der Waals surface area contributed by atoms with E-state index >= 15 is 0 Å². The van der Waals surface area contributed by atoms with Crippen LogP contribution in [0.25, 0.3) is 0 Å². The Morgan fingerprint density at radius 2 is 0.500 bits per heavy atom. The minimum atomic E-state index is -1.98. The molecule has 22 N–H and O–H groups in total. The molecule has 4 aliphatic heterocycles. The summed E-state index contributed by atoms with van der Waals surface area (Å²) in [4.78, 5) is 54.3. The maximum Gasteiger partial charge on any atom is 0.407 e. The summed E-state index contributed by atoms with van der Waals surface area (Å²) in [5, 5.41) is 183. The molecule has 610 valence electrons. The lowest BCUT2D eigenvalue weighted by molar-refractivity contribution is -0.314. The van der Waals surface area contributed by atoms with Crippen LogP contribution >= 0.6 is 0 Å². The second-order valence-corrected chi connectivity index (χ2v) is 27.8. The third-order valence-electron chi connectivity index (χ3n) is 19.0.